The molecule has 3 saturated carbocycles. The highest BCUT2D eigenvalue weighted by Gasteiger charge is 2.65. The van der Waals surface area contributed by atoms with Gasteiger partial charge in [0.25, 0.3) is 0 Å². The first-order chi connectivity index (χ1) is 11.3. The van der Waals surface area contributed by atoms with Gasteiger partial charge in [-0.25, -0.2) is 0 Å². The van der Waals surface area contributed by atoms with E-state index in [1.165, 1.54) is 0 Å². The van der Waals surface area contributed by atoms with Gasteiger partial charge < -0.3 is 4.84 Å². The van der Waals surface area contributed by atoms with Crippen LogP contribution in [0.15, 0.2) is 18.2 Å². The highest BCUT2D eigenvalue weighted by atomic mass is 16.6. The second-order valence-electron chi connectivity index (χ2n) is 8.53. The van der Waals surface area contributed by atoms with Crippen LogP contribution in [0.4, 0.5) is 0 Å². The summed E-state index contributed by atoms with van der Waals surface area (Å²) >= 11 is 0. The molecule has 0 radical (unpaired) electrons. The molecule has 3 unspecified atom stereocenters. The van der Waals surface area contributed by atoms with Crippen LogP contribution in [-0.4, -0.2) is 11.6 Å². The van der Waals surface area contributed by atoms with E-state index in [1.807, 2.05) is 18.2 Å². The topological polar surface area (TPSA) is 69.4 Å². The van der Waals surface area contributed by atoms with Crippen LogP contribution < -0.4 is 10.7 Å². The van der Waals surface area contributed by atoms with Crippen molar-refractivity contribution in [2.24, 2.45) is 22.6 Å². The number of ketones is 2. The Bertz CT molecular complexity index is 734. The third kappa shape index (κ3) is 1.89. The Morgan fingerprint density at radius 1 is 1.08 bits per heavy atom. The molecule has 0 spiro atoms. The van der Waals surface area contributed by atoms with E-state index in [0.717, 1.165) is 36.8 Å². The normalized spacial score (nSPS) is 34.5. The molecule has 4 rings (SSSR count). The van der Waals surface area contributed by atoms with E-state index in [0.29, 0.717) is 11.7 Å². The molecule has 0 heterocycles. The van der Waals surface area contributed by atoms with Crippen molar-refractivity contribution in [3.8, 4) is 5.75 Å². The first kappa shape index (κ1) is 15.8. The first-order valence-electron chi connectivity index (χ1n) is 8.90. The number of carbonyl (C=O) groups excluding carboxylic acids is 2. The van der Waals surface area contributed by atoms with Gasteiger partial charge in [0.05, 0.1) is 0 Å². The molecule has 3 aliphatic carbocycles. The van der Waals surface area contributed by atoms with E-state index in [4.69, 9.17) is 10.7 Å². The van der Waals surface area contributed by atoms with Crippen LogP contribution in [-0.2, 0) is 9.59 Å². The van der Waals surface area contributed by atoms with Gasteiger partial charge in [-0.1, -0.05) is 26.8 Å². The fraction of sp³-hybridized carbons (Fsp3) is 0.600. The number of hydrogen-bond acceptors (Lipinski definition) is 4. The molecule has 24 heavy (non-hydrogen) atoms. The third-order valence-electron chi connectivity index (χ3n) is 7.18. The van der Waals surface area contributed by atoms with Crippen LogP contribution in [0.2, 0.25) is 0 Å². The van der Waals surface area contributed by atoms with Crippen molar-refractivity contribution in [2.75, 3.05) is 0 Å². The molecule has 0 saturated heterocycles. The van der Waals surface area contributed by atoms with Crippen LogP contribution in [0.25, 0.3) is 0 Å². The van der Waals surface area contributed by atoms with Crippen LogP contribution in [0.5, 0.6) is 5.75 Å². The van der Waals surface area contributed by atoms with Gasteiger partial charge in [-0.2, -0.15) is 5.90 Å². The first-order valence-corrected chi connectivity index (χ1v) is 8.90. The van der Waals surface area contributed by atoms with Gasteiger partial charge in [0.1, 0.15) is 11.7 Å². The molecule has 4 heteroatoms. The average Bonchev–Trinajstić information content (AvgIpc) is 3.35. The van der Waals surface area contributed by atoms with Gasteiger partial charge >= 0.3 is 0 Å². The Hall–Kier alpha value is -1.68. The second-order valence-corrected chi connectivity index (χ2v) is 8.53. The summed E-state index contributed by atoms with van der Waals surface area (Å²) in [4.78, 5) is 31.6. The summed E-state index contributed by atoms with van der Waals surface area (Å²) < 4.78 is 0. The summed E-state index contributed by atoms with van der Waals surface area (Å²) in [5.41, 5.74) is 1.27. The van der Waals surface area contributed by atoms with Crippen molar-refractivity contribution >= 4 is 11.6 Å². The standard InChI is InChI=1S/C20H25NO3/c1-19(2)15-8-9-20(19,3)18(23)16(17(15)22)14-10-12(24-21)6-7-13(14)11-4-5-11/h6-7,10-11,15-16H,4-5,8-9,21H2,1-3H3. The summed E-state index contributed by atoms with van der Waals surface area (Å²) in [6.07, 6.45) is 3.86. The zero-order valence-electron chi connectivity index (χ0n) is 14.6. The van der Waals surface area contributed by atoms with Crippen molar-refractivity contribution in [3.05, 3.63) is 29.3 Å². The molecular formula is C20H25NO3. The monoisotopic (exact) mass is 327 g/mol. The summed E-state index contributed by atoms with van der Waals surface area (Å²) in [7, 11) is 0. The van der Waals surface area contributed by atoms with E-state index in [1.54, 1.807) is 0 Å². The van der Waals surface area contributed by atoms with Crippen LogP contribution in [0.3, 0.4) is 0 Å². The van der Waals surface area contributed by atoms with Gasteiger partial charge in [-0.05, 0) is 60.3 Å². The lowest BCUT2D eigenvalue weighted by Gasteiger charge is -2.46. The minimum absolute atomic E-state index is 0.0419. The van der Waals surface area contributed by atoms with Gasteiger partial charge in [-0.3, -0.25) is 9.59 Å². The van der Waals surface area contributed by atoms with E-state index in [2.05, 4.69) is 20.8 Å². The molecule has 1 aromatic rings. The summed E-state index contributed by atoms with van der Waals surface area (Å²) in [6.45, 7) is 6.21. The van der Waals surface area contributed by atoms with Crippen LogP contribution in [0, 0.1) is 16.7 Å². The minimum Gasteiger partial charge on any atom is -0.412 e. The molecule has 2 N–H and O–H groups in total. The maximum Gasteiger partial charge on any atom is 0.154 e. The summed E-state index contributed by atoms with van der Waals surface area (Å²) in [5, 5.41) is 0. The number of hydrogen-bond donors (Lipinski definition) is 1. The van der Waals surface area contributed by atoms with E-state index < -0.39 is 11.3 Å². The lowest BCUT2D eigenvalue weighted by Crippen LogP contribution is -2.52. The zero-order valence-corrected chi connectivity index (χ0v) is 14.6. The highest BCUT2D eigenvalue weighted by molar-refractivity contribution is 6.14. The van der Waals surface area contributed by atoms with Gasteiger partial charge in [0, 0.05) is 11.3 Å². The predicted molar refractivity (Wildman–Crippen MR) is 90.6 cm³/mol. The maximum absolute atomic E-state index is 13.4. The smallest absolute Gasteiger partial charge is 0.154 e. The molecule has 4 nitrogen and oxygen atoms in total. The molecule has 1 aromatic carbocycles. The van der Waals surface area contributed by atoms with E-state index >= 15 is 0 Å². The highest BCUT2D eigenvalue weighted by Crippen LogP contribution is 2.63. The van der Waals surface area contributed by atoms with Crippen LogP contribution in [0.1, 0.15) is 69.4 Å². The summed E-state index contributed by atoms with van der Waals surface area (Å²) in [6, 6.07) is 5.63. The number of benzene rings is 1. The Morgan fingerprint density at radius 2 is 1.79 bits per heavy atom. The van der Waals surface area contributed by atoms with Gasteiger partial charge in [0.15, 0.2) is 11.6 Å². The number of Topliss-reactive ketones (excluding diaryl/α,β-unsaturated/α-hetero) is 2. The van der Waals surface area contributed by atoms with E-state index in [9.17, 15) is 9.59 Å². The molecular weight excluding hydrogens is 302 g/mol. The van der Waals surface area contributed by atoms with Crippen LogP contribution >= 0.6 is 0 Å². The fourth-order valence-electron chi connectivity index (χ4n) is 5.02. The van der Waals surface area contributed by atoms with Crippen molar-refractivity contribution < 1.29 is 14.4 Å². The zero-order chi connectivity index (χ0) is 17.3. The molecule has 3 fully saturated rings. The average molecular weight is 327 g/mol. The molecule has 2 bridgehead atoms. The largest absolute Gasteiger partial charge is 0.412 e. The maximum atomic E-state index is 13.4. The number of nitrogens with two attached hydrogens (primary N) is 1. The Morgan fingerprint density at radius 3 is 2.42 bits per heavy atom. The molecule has 128 valence electrons. The molecule has 3 aliphatic rings. The SMILES string of the molecule is CC12CCC(C(=O)C(c3cc(ON)ccc3C3CC3)C1=O)C2(C)C. The van der Waals surface area contributed by atoms with Gasteiger partial charge in [-0.15, -0.1) is 0 Å². The predicted octanol–water partition coefficient (Wildman–Crippen LogP) is 3.49. The molecule has 0 aliphatic heterocycles. The quantitative estimate of drug-likeness (QED) is 0.681. The number of carbonyl (C=O) groups is 2. The van der Waals surface area contributed by atoms with Crippen molar-refractivity contribution in [1.29, 1.82) is 0 Å². The summed E-state index contributed by atoms with van der Waals surface area (Å²) in [5.74, 6) is 5.79. The Balaban J connectivity index is 1.86. The lowest BCUT2D eigenvalue weighted by atomic mass is 9.54. The second kappa shape index (κ2) is 4.92. The Kier molecular flexibility index (Phi) is 3.24. The third-order valence-corrected chi connectivity index (χ3v) is 7.18. The van der Waals surface area contributed by atoms with E-state index in [-0.39, 0.29) is 22.9 Å². The van der Waals surface area contributed by atoms with Gasteiger partial charge in [0.2, 0.25) is 0 Å². The van der Waals surface area contributed by atoms with Crippen molar-refractivity contribution in [2.45, 2.75) is 58.3 Å². The fourth-order valence-corrected chi connectivity index (χ4v) is 5.02. The number of rotatable bonds is 3. The Labute approximate surface area is 142 Å². The molecule has 0 amide bonds. The minimum atomic E-state index is -0.652. The lowest BCUT2D eigenvalue weighted by molar-refractivity contribution is -0.149. The number of fused-ring (bicyclic) bond motifs is 2. The van der Waals surface area contributed by atoms with Crippen molar-refractivity contribution in [1.82, 2.24) is 0 Å². The van der Waals surface area contributed by atoms with Crippen molar-refractivity contribution in [3.63, 3.8) is 0 Å². The molecule has 3 atom stereocenters. The molecule has 0 aromatic heterocycles.